The fraction of sp³-hybridized carbons (Fsp3) is 0.565. The summed E-state index contributed by atoms with van der Waals surface area (Å²) in [5.74, 6) is 0.708. The van der Waals surface area contributed by atoms with Crippen molar-refractivity contribution in [3.05, 3.63) is 42.0 Å². The van der Waals surface area contributed by atoms with Crippen LogP contribution in [0, 0.1) is 0 Å². The third kappa shape index (κ3) is 4.79. The van der Waals surface area contributed by atoms with Crippen LogP contribution in [0.2, 0.25) is 0 Å². The molecule has 0 radical (unpaired) electrons. The summed E-state index contributed by atoms with van der Waals surface area (Å²) in [7, 11) is 0. The van der Waals surface area contributed by atoms with E-state index in [1.807, 2.05) is 42.6 Å². The number of fused-ring (bicyclic) bond motifs is 1. The van der Waals surface area contributed by atoms with Gasteiger partial charge in [-0.2, -0.15) is 18.2 Å². The average molecular weight is 477 g/mol. The first-order valence-electron chi connectivity index (χ1n) is 11.5. The minimum Gasteiger partial charge on any atom is -0.474 e. The number of aromatic nitrogens is 5. The topological polar surface area (TPSA) is 86.5 Å². The van der Waals surface area contributed by atoms with E-state index in [-0.39, 0.29) is 36.2 Å². The average Bonchev–Trinajstić information content (AvgIpc) is 3.20. The first kappa shape index (κ1) is 22.8. The third-order valence-electron chi connectivity index (χ3n) is 6.38. The summed E-state index contributed by atoms with van der Waals surface area (Å²) in [4.78, 5) is 8.02. The van der Waals surface area contributed by atoms with Gasteiger partial charge in [0.1, 0.15) is 18.0 Å². The van der Waals surface area contributed by atoms with Crippen LogP contribution in [0.3, 0.4) is 0 Å². The second-order valence-corrected chi connectivity index (χ2v) is 9.62. The quantitative estimate of drug-likeness (QED) is 0.555. The van der Waals surface area contributed by atoms with E-state index in [0.29, 0.717) is 6.42 Å². The Morgan fingerprint density at radius 2 is 2.06 bits per heavy atom. The molecule has 8 nitrogen and oxygen atoms in total. The highest BCUT2D eigenvalue weighted by atomic mass is 19.4. The number of ether oxygens (including phenoxy) is 2. The van der Waals surface area contributed by atoms with Gasteiger partial charge >= 0.3 is 6.18 Å². The third-order valence-corrected chi connectivity index (χ3v) is 6.38. The molecule has 0 aromatic carbocycles. The van der Waals surface area contributed by atoms with Crippen LogP contribution in [-0.2, 0) is 10.9 Å². The van der Waals surface area contributed by atoms with Crippen molar-refractivity contribution in [3.8, 4) is 5.88 Å². The predicted molar refractivity (Wildman–Crippen MR) is 118 cm³/mol. The number of pyridine rings is 1. The zero-order valence-corrected chi connectivity index (χ0v) is 19.0. The van der Waals surface area contributed by atoms with Gasteiger partial charge in [0.2, 0.25) is 11.8 Å². The highest BCUT2D eigenvalue weighted by Crippen LogP contribution is 2.38. The Balaban J connectivity index is 1.29. The van der Waals surface area contributed by atoms with Crippen molar-refractivity contribution in [2.75, 3.05) is 11.9 Å². The van der Waals surface area contributed by atoms with E-state index in [4.69, 9.17) is 9.47 Å². The van der Waals surface area contributed by atoms with Crippen LogP contribution in [-0.4, -0.2) is 48.9 Å². The Bertz CT molecular complexity index is 1160. The van der Waals surface area contributed by atoms with E-state index < -0.39 is 17.6 Å². The van der Waals surface area contributed by atoms with Crippen molar-refractivity contribution in [3.63, 3.8) is 0 Å². The number of nitrogens with one attached hydrogen (secondary N) is 1. The second-order valence-electron chi connectivity index (χ2n) is 9.62. The Kier molecular flexibility index (Phi) is 5.83. The largest absolute Gasteiger partial charge is 0.474 e. The normalized spacial score (nSPS) is 24.6. The molecule has 1 saturated carbocycles. The number of anilines is 1. The van der Waals surface area contributed by atoms with Crippen LogP contribution in [0.15, 0.2) is 30.6 Å². The van der Waals surface area contributed by atoms with Crippen molar-refractivity contribution in [1.82, 2.24) is 24.6 Å². The first-order chi connectivity index (χ1) is 16.2. The molecule has 11 heteroatoms. The lowest BCUT2D eigenvalue weighted by molar-refractivity contribution is -0.195. The van der Waals surface area contributed by atoms with Crippen molar-refractivity contribution < 1.29 is 22.6 Å². The first-order valence-corrected chi connectivity index (χ1v) is 11.5. The van der Waals surface area contributed by atoms with Crippen molar-refractivity contribution in [2.24, 2.45) is 0 Å². The summed E-state index contributed by atoms with van der Waals surface area (Å²) < 4.78 is 53.5. The molecular formula is C23H27F3N6O2. The SMILES string of the molecule is CC1(C)C[C@H](COc2nc(N[C@@H]3CCC[C@H](c4nnc5ccccn45)C3)ncc2C(F)(F)F)O1. The Morgan fingerprint density at radius 1 is 1.24 bits per heavy atom. The molecule has 0 bridgehead atoms. The molecule has 3 aromatic rings. The van der Waals surface area contributed by atoms with Gasteiger partial charge in [-0.1, -0.05) is 12.5 Å². The van der Waals surface area contributed by atoms with Crippen LogP contribution in [0.4, 0.5) is 19.1 Å². The summed E-state index contributed by atoms with van der Waals surface area (Å²) in [5.41, 5.74) is -0.473. The number of rotatable bonds is 6. The van der Waals surface area contributed by atoms with Crippen LogP contribution in [0.25, 0.3) is 5.65 Å². The number of hydrogen-bond donors (Lipinski definition) is 1. The Morgan fingerprint density at radius 3 is 2.82 bits per heavy atom. The molecule has 182 valence electrons. The molecule has 34 heavy (non-hydrogen) atoms. The van der Waals surface area contributed by atoms with Gasteiger partial charge in [-0.05, 0) is 45.2 Å². The van der Waals surface area contributed by atoms with Gasteiger partial charge in [0, 0.05) is 30.8 Å². The highest BCUT2D eigenvalue weighted by molar-refractivity contribution is 5.38. The summed E-state index contributed by atoms with van der Waals surface area (Å²) in [6.45, 7) is 3.86. The van der Waals surface area contributed by atoms with E-state index in [9.17, 15) is 13.2 Å². The Labute approximate surface area is 194 Å². The molecule has 2 fully saturated rings. The standard InChI is InChI=1S/C23H27F3N6O2/c1-22(2)11-16(34-22)13-33-20-17(23(24,25)26)12-27-21(29-20)28-15-7-5-6-14(10-15)19-31-30-18-8-3-4-9-32(18)19/h3-4,8-9,12,14-16H,5-7,10-11,13H2,1-2H3,(H,27,28,29)/t14-,15+,16+/m0/s1. The van der Waals surface area contributed by atoms with Gasteiger partial charge in [0.15, 0.2) is 5.65 Å². The monoisotopic (exact) mass is 476 g/mol. The second kappa shape index (κ2) is 8.68. The maximum atomic E-state index is 13.5. The molecule has 5 rings (SSSR count). The summed E-state index contributed by atoms with van der Waals surface area (Å²) in [5, 5.41) is 11.8. The maximum absolute atomic E-state index is 13.5. The molecule has 1 N–H and O–H groups in total. The van der Waals surface area contributed by atoms with Crippen LogP contribution in [0.5, 0.6) is 5.88 Å². The minimum absolute atomic E-state index is 0.00448. The number of hydrogen-bond acceptors (Lipinski definition) is 7. The lowest BCUT2D eigenvalue weighted by atomic mass is 9.85. The number of nitrogens with zero attached hydrogens (tertiary/aromatic N) is 5. The van der Waals surface area contributed by atoms with E-state index in [1.165, 1.54) is 0 Å². The van der Waals surface area contributed by atoms with Gasteiger partial charge in [-0.15, -0.1) is 10.2 Å². The summed E-state index contributed by atoms with van der Waals surface area (Å²) in [6, 6.07) is 5.75. The molecule has 4 heterocycles. The zero-order valence-electron chi connectivity index (χ0n) is 19.0. The van der Waals surface area contributed by atoms with Crippen LogP contribution < -0.4 is 10.1 Å². The minimum atomic E-state index is -4.61. The van der Waals surface area contributed by atoms with Gasteiger partial charge in [0.25, 0.3) is 0 Å². The van der Waals surface area contributed by atoms with Gasteiger partial charge in [0.05, 0.1) is 11.7 Å². The Hall–Kier alpha value is -2.95. The van der Waals surface area contributed by atoms with Gasteiger partial charge < -0.3 is 14.8 Å². The van der Waals surface area contributed by atoms with E-state index in [0.717, 1.165) is 43.4 Å². The van der Waals surface area contributed by atoms with Gasteiger partial charge in [-0.25, -0.2) is 4.98 Å². The number of alkyl halides is 3. The molecule has 1 aliphatic heterocycles. The maximum Gasteiger partial charge on any atom is 0.423 e. The smallest absolute Gasteiger partial charge is 0.423 e. The van der Waals surface area contributed by atoms with E-state index in [1.54, 1.807) is 0 Å². The molecule has 3 aromatic heterocycles. The lowest BCUT2D eigenvalue weighted by Crippen LogP contribution is -2.48. The lowest BCUT2D eigenvalue weighted by Gasteiger charge is -2.42. The highest BCUT2D eigenvalue weighted by Gasteiger charge is 2.40. The van der Waals surface area contributed by atoms with Crippen LogP contribution in [0.1, 0.15) is 63.3 Å². The molecule has 2 aliphatic rings. The molecular weight excluding hydrogens is 449 g/mol. The molecule has 3 atom stereocenters. The molecule has 0 spiro atoms. The molecule has 1 aliphatic carbocycles. The summed E-state index contributed by atoms with van der Waals surface area (Å²) in [6.07, 6.45) is 2.10. The number of halogens is 3. The van der Waals surface area contributed by atoms with Crippen molar-refractivity contribution in [1.29, 1.82) is 0 Å². The molecule has 1 saturated heterocycles. The fourth-order valence-corrected chi connectivity index (χ4v) is 4.87. The van der Waals surface area contributed by atoms with E-state index in [2.05, 4.69) is 25.5 Å². The van der Waals surface area contributed by atoms with Crippen molar-refractivity contribution in [2.45, 2.75) is 75.8 Å². The molecule has 0 unspecified atom stereocenters. The predicted octanol–water partition coefficient (Wildman–Crippen LogP) is 4.62. The van der Waals surface area contributed by atoms with Gasteiger partial charge in [-0.3, -0.25) is 4.40 Å². The molecule has 0 amide bonds. The van der Waals surface area contributed by atoms with Crippen molar-refractivity contribution >= 4 is 11.6 Å². The fourth-order valence-electron chi connectivity index (χ4n) is 4.87. The zero-order chi connectivity index (χ0) is 23.9. The van der Waals surface area contributed by atoms with E-state index >= 15 is 0 Å². The van der Waals surface area contributed by atoms with Crippen LogP contribution >= 0.6 is 0 Å². The summed E-state index contributed by atoms with van der Waals surface area (Å²) >= 11 is 0.